The van der Waals surface area contributed by atoms with Gasteiger partial charge in [0.1, 0.15) is 0 Å². The highest BCUT2D eigenvalue weighted by molar-refractivity contribution is 7.91. The molecule has 2 amide bonds. The van der Waals surface area contributed by atoms with Crippen LogP contribution in [0.5, 0.6) is 0 Å². The topological polar surface area (TPSA) is 124 Å². The first-order valence-electron chi connectivity index (χ1n) is 8.69. The quantitative estimate of drug-likeness (QED) is 0.479. The molecule has 0 saturated carbocycles. The molecule has 0 bridgehead atoms. The van der Waals surface area contributed by atoms with Gasteiger partial charge in [-0.3, -0.25) is 9.59 Å². The zero-order chi connectivity index (χ0) is 21.0. The van der Waals surface area contributed by atoms with Crippen LogP contribution >= 0.6 is 0 Å². The van der Waals surface area contributed by atoms with Crippen LogP contribution in [0.3, 0.4) is 0 Å². The second-order valence-corrected chi connectivity index (χ2v) is 11.3. The van der Waals surface area contributed by atoms with Crippen LogP contribution in [-0.2, 0) is 29.6 Å². The minimum atomic E-state index is -3.69. The van der Waals surface area contributed by atoms with Crippen LogP contribution in [0.25, 0.3) is 0 Å². The van der Waals surface area contributed by atoms with Gasteiger partial charge in [-0.1, -0.05) is 0 Å². The van der Waals surface area contributed by atoms with Crippen molar-refractivity contribution >= 4 is 31.9 Å². The average Bonchev–Trinajstić information content (AvgIpc) is 2.91. The van der Waals surface area contributed by atoms with Crippen molar-refractivity contribution in [2.24, 2.45) is 5.92 Å². The highest BCUT2D eigenvalue weighted by Gasteiger charge is 2.36. The molecule has 0 aromatic rings. The standard InChI is InChI=1S/C15H30N4O6S2/c1-12(2)19(15(21)13-6-9-26(22,23)11-13)8-7-18(5)14(20)10-16-27(24,25)17(3)4/h12-13,16H,6-11H2,1-5H3. The smallest absolute Gasteiger partial charge is 0.279 e. The highest BCUT2D eigenvalue weighted by atomic mass is 32.2. The molecule has 0 aromatic heterocycles. The molecule has 1 saturated heterocycles. The molecule has 12 heteroatoms. The Morgan fingerprint density at radius 1 is 1.15 bits per heavy atom. The van der Waals surface area contributed by atoms with Gasteiger partial charge in [0.25, 0.3) is 10.2 Å². The van der Waals surface area contributed by atoms with Crippen LogP contribution in [0.4, 0.5) is 0 Å². The number of nitrogens with zero attached hydrogens (tertiary/aromatic N) is 3. The van der Waals surface area contributed by atoms with Gasteiger partial charge < -0.3 is 9.80 Å². The van der Waals surface area contributed by atoms with Crippen molar-refractivity contribution in [3.8, 4) is 0 Å². The third-order valence-corrected chi connectivity index (χ3v) is 7.72. The molecule has 0 aliphatic carbocycles. The summed E-state index contributed by atoms with van der Waals surface area (Å²) >= 11 is 0. The van der Waals surface area contributed by atoms with Gasteiger partial charge in [0.15, 0.2) is 9.84 Å². The molecule has 10 nitrogen and oxygen atoms in total. The summed E-state index contributed by atoms with van der Waals surface area (Å²) in [6.07, 6.45) is 0.325. The largest absolute Gasteiger partial charge is 0.343 e. The summed E-state index contributed by atoms with van der Waals surface area (Å²) in [4.78, 5) is 27.7. The number of carbonyl (C=O) groups excluding carboxylic acids is 2. The number of sulfone groups is 1. The minimum Gasteiger partial charge on any atom is -0.343 e. The van der Waals surface area contributed by atoms with Crippen molar-refractivity contribution in [3.05, 3.63) is 0 Å². The summed E-state index contributed by atoms with van der Waals surface area (Å²) in [5, 5.41) is 0. The van der Waals surface area contributed by atoms with E-state index in [4.69, 9.17) is 0 Å². The summed E-state index contributed by atoms with van der Waals surface area (Å²) in [5.74, 6) is -1.29. The molecule has 1 aliphatic rings. The molecule has 1 heterocycles. The number of hydrogen-bond acceptors (Lipinski definition) is 6. The lowest BCUT2D eigenvalue weighted by Crippen LogP contribution is -2.47. The normalized spacial score (nSPS) is 19.4. The van der Waals surface area contributed by atoms with E-state index in [0.717, 1.165) is 4.31 Å². The molecule has 1 N–H and O–H groups in total. The molecule has 158 valence electrons. The monoisotopic (exact) mass is 426 g/mol. The fourth-order valence-corrected chi connectivity index (χ4v) is 4.94. The molecule has 27 heavy (non-hydrogen) atoms. The van der Waals surface area contributed by atoms with Crippen LogP contribution in [0, 0.1) is 5.92 Å². The Hall–Kier alpha value is -1.24. The van der Waals surface area contributed by atoms with Crippen molar-refractivity contribution in [2.75, 3.05) is 52.3 Å². The lowest BCUT2D eigenvalue weighted by molar-refractivity contribution is -0.138. The van der Waals surface area contributed by atoms with Gasteiger partial charge in [-0.25, -0.2) is 8.42 Å². The number of carbonyl (C=O) groups is 2. The average molecular weight is 427 g/mol. The predicted molar refractivity (Wildman–Crippen MR) is 102 cm³/mol. The first kappa shape index (κ1) is 23.8. The van der Waals surface area contributed by atoms with Crippen LogP contribution < -0.4 is 4.72 Å². The Bertz CT molecular complexity index is 748. The first-order chi connectivity index (χ1) is 12.3. The van der Waals surface area contributed by atoms with E-state index in [2.05, 4.69) is 4.72 Å². The number of hydrogen-bond donors (Lipinski definition) is 1. The molecule has 1 atom stereocenters. The van der Waals surface area contributed by atoms with Gasteiger partial charge in [0, 0.05) is 40.3 Å². The van der Waals surface area contributed by atoms with Crippen molar-refractivity contribution < 1.29 is 26.4 Å². The number of rotatable bonds is 9. The summed E-state index contributed by atoms with van der Waals surface area (Å²) in [6.45, 7) is 3.73. The van der Waals surface area contributed by atoms with E-state index in [1.54, 1.807) is 4.90 Å². The van der Waals surface area contributed by atoms with Crippen molar-refractivity contribution in [3.63, 3.8) is 0 Å². The van der Waals surface area contributed by atoms with Gasteiger partial charge in [0.2, 0.25) is 11.8 Å². The van der Waals surface area contributed by atoms with E-state index in [9.17, 15) is 26.4 Å². The van der Waals surface area contributed by atoms with Gasteiger partial charge >= 0.3 is 0 Å². The van der Waals surface area contributed by atoms with E-state index >= 15 is 0 Å². The van der Waals surface area contributed by atoms with Gasteiger partial charge in [-0.15, -0.1) is 0 Å². The second kappa shape index (κ2) is 9.30. The lowest BCUT2D eigenvalue weighted by atomic mass is 10.1. The van der Waals surface area contributed by atoms with E-state index in [1.165, 1.54) is 26.0 Å². The Labute approximate surface area is 162 Å². The van der Waals surface area contributed by atoms with Gasteiger partial charge in [-0.05, 0) is 20.3 Å². The van der Waals surface area contributed by atoms with Crippen molar-refractivity contribution in [1.82, 2.24) is 18.8 Å². The molecular formula is C15H30N4O6S2. The third kappa shape index (κ3) is 7.01. The number of amides is 2. The molecule has 0 radical (unpaired) electrons. The van der Waals surface area contributed by atoms with Crippen LogP contribution in [0.2, 0.25) is 0 Å². The Morgan fingerprint density at radius 3 is 2.19 bits per heavy atom. The van der Waals surface area contributed by atoms with E-state index in [0.29, 0.717) is 6.42 Å². The lowest BCUT2D eigenvalue weighted by Gasteiger charge is -2.31. The predicted octanol–water partition coefficient (Wildman–Crippen LogP) is -1.49. The maximum atomic E-state index is 12.7. The molecule has 0 spiro atoms. The van der Waals surface area contributed by atoms with E-state index < -0.39 is 31.9 Å². The second-order valence-electron chi connectivity index (χ2n) is 7.15. The molecule has 1 aliphatic heterocycles. The Balaban J connectivity index is 2.61. The Kier molecular flexibility index (Phi) is 8.20. The number of likely N-dealkylation sites (N-methyl/N-ethyl adjacent to an activating group) is 1. The molecular weight excluding hydrogens is 396 g/mol. The summed E-state index contributed by atoms with van der Waals surface area (Å²) in [6, 6.07) is -0.142. The SMILES string of the molecule is CC(C)N(CCN(C)C(=O)CNS(=O)(=O)N(C)C)C(=O)C1CCS(=O)(=O)C1. The maximum absolute atomic E-state index is 12.7. The fraction of sp³-hybridized carbons (Fsp3) is 0.867. The molecule has 1 unspecified atom stereocenters. The van der Waals surface area contributed by atoms with Gasteiger partial charge in [-0.2, -0.15) is 17.4 Å². The summed E-state index contributed by atoms with van der Waals surface area (Å²) in [5.41, 5.74) is 0. The molecule has 1 rings (SSSR count). The van der Waals surface area contributed by atoms with Crippen molar-refractivity contribution in [1.29, 1.82) is 0 Å². The van der Waals surface area contributed by atoms with E-state index in [1.807, 2.05) is 13.8 Å². The first-order valence-corrected chi connectivity index (χ1v) is 11.9. The Morgan fingerprint density at radius 2 is 1.74 bits per heavy atom. The van der Waals surface area contributed by atoms with Crippen molar-refractivity contribution in [2.45, 2.75) is 26.3 Å². The molecule has 1 fully saturated rings. The number of nitrogens with one attached hydrogen (secondary N) is 1. The van der Waals surface area contributed by atoms with Crippen LogP contribution in [0.1, 0.15) is 20.3 Å². The minimum absolute atomic E-state index is 0.0275. The zero-order valence-corrected chi connectivity index (χ0v) is 18.1. The third-order valence-electron chi connectivity index (χ3n) is 4.48. The zero-order valence-electron chi connectivity index (χ0n) is 16.5. The fourth-order valence-electron chi connectivity index (χ4n) is 2.65. The summed E-state index contributed by atoms with van der Waals surface area (Å²) < 4.78 is 49.7. The van der Waals surface area contributed by atoms with Crippen LogP contribution in [0.15, 0.2) is 0 Å². The maximum Gasteiger partial charge on any atom is 0.279 e. The summed E-state index contributed by atoms with van der Waals surface area (Å²) in [7, 11) is -2.62. The van der Waals surface area contributed by atoms with Crippen LogP contribution in [-0.4, -0.2) is 101 Å². The molecule has 0 aromatic carbocycles. The van der Waals surface area contributed by atoms with Gasteiger partial charge in [0.05, 0.1) is 24.0 Å². The highest BCUT2D eigenvalue weighted by Crippen LogP contribution is 2.21. The van der Waals surface area contributed by atoms with E-state index in [-0.39, 0.29) is 43.1 Å².